The summed E-state index contributed by atoms with van der Waals surface area (Å²) in [5.74, 6) is -0.657. The van der Waals surface area contributed by atoms with Crippen LogP contribution in [-0.4, -0.2) is 42.5 Å². The van der Waals surface area contributed by atoms with Gasteiger partial charge in [0.25, 0.3) is 5.56 Å². The highest BCUT2D eigenvalue weighted by molar-refractivity contribution is 5.96. The fourth-order valence-electron chi connectivity index (χ4n) is 5.47. The maximum Gasteiger partial charge on any atom is 0.436 e. The molecule has 0 spiro atoms. The van der Waals surface area contributed by atoms with Gasteiger partial charge in [-0.3, -0.25) is 19.1 Å². The minimum absolute atomic E-state index is 0.175. The molecule has 4 heterocycles. The molecule has 14 heteroatoms. The van der Waals surface area contributed by atoms with E-state index in [0.717, 1.165) is 10.9 Å². The van der Waals surface area contributed by atoms with E-state index in [0.29, 0.717) is 53.0 Å². The first-order valence-corrected chi connectivity index (χ1v) is 14.3. The van der Waals surface area contributed by atoms with Crippen LogP contribution in [0.25, 0.3) is 28.1 Å². The Morgan fingerprint density at radius 3 is 2.57 bits per heavy atom. The Kier molecular flexibility index (Phi) is 8.11. The Morgan fingerprint density at radius 1 is 1.00 bits per heavy atom. The van der Waals surface area contributed by atoms with Crippen molar-refractivity contribution in [3.63, 3.8) is 0 Å². The van der Waals surface area contributed by atoms with Crippen LogP contribution in [0.4, 0.5) is 23.2 Å². The van der Waals surface area contributed by atoms with Crippen LogP contribution in [0.15, 0.2) is 78.2 Å². The molecule has 6 rings (SSSR count). The summed E-state index contributed by atoms with van der Waals surface area (Å²) in [5, 5.41) is 9.78. The van der Waals surface area contributed by atoms with Crippen molar-refractivity contribution in [2.24, 2.45) is 5.92 Å². The van der Waals surface area contributed by atoms with E-state index in [9.17, 15) is 27.2 Å². The van der Waals surface area contributed by atoms with Crippen LogP contribution in [0, 0.1) is 11.7 Å². The van der Waals surface area contributed by atoms with Gasteiger partial charge in [-0.25, -0.2) is 14.1 Å². The number of hydrogen-bond donors (Lipinski definition) is 1. The van der Waals surface area contributed by atoms with Gasteiger partial charge in [-0.1, -0.05) is 18.6 Å². The van der Waals surface area contributed by atoms with Crippen LogP contribution in [0.2, 0.25) is 0 Å². The molecule has 1 N–H and O–H groups in total. The van der Waals surface area contributed by atoms with Crippen LogP contribution in [0.3, 0.4) is 0 Å². The second-order valence-electron chi connectivity index (χ2n) is 11.0. The molecule has 2 aromatic carbocycles. The number of halogens is 4. The molecule has 5 aromatic rings. The highest BCUT2D eigenvalue weighted by Crippen LogP contribution is 2.35. The predicted molar refractivity (Wildman–Crippen MR) is 160 cm³/mol. The van der Waals surface area contributed by atoms with E-state index in [-0.39, 0.29) is 23.2 Å². The Morgan fingerprint density at radius 2 is 1.83 bits per heavy atom. The largest absolute Gasteiger partial charge is 0.497 e. The number of nitrogens with one attached hydrogen (secondary N) is 1. The van der Waals surface area contributed by atoms with Crippen molar-refractivity contribution in [2.45, 2.75) is 38.4 Å². The Labute approximate surface area is 259 Å². The van der Waals surface area contributed by atoms with Crippen LogP contribution < -0.4 is 15.6 Å². The number of fused-ring (bicyclic) bond motifs is 4. The normalized spacial score (nSPS) is 17.0. The molecule has 10 nitrogen and oxygen atoms in total. The van der Waals surface area contributed by atoms with E-state index in [1.807, 2.05) is 0 Å². The molecule has 46 heavy (non-hydrogen) atoms. The third-order valence-corrected chi connectivity index (χ3v) is 7.94. The van der Waals surface area contributed by atoms with Gasteiger partial charge in [0.1, 0.15) is 11.6 Å². The average molecular weight is 634 g/mol. The van der Waals surface area contributed by atoms with Gasteiger partial charge in [0.05, 0.1) is 37.1 Å². The maximum absolute atomic E-state index is 14.3. The number of nitrogens with zero attached hydrogens (tertiary/aromatic N) is 6. The zero-order valence-corrected chi connectivity index (χ0v) is 24.6. The molecule has 236 valence electrons. The summed E-state index contributed by atoms with van der Waals surface area (Å²) >= 11 is 0. The number of carbonyl (C=O) groups is 1. The molecule has 2 unspecified atom stereocenters. The molecular formula is C32H27F4N7O3. The lowest BCUT2D eigenvalue weighted by atomic mass is 9.94. The molecule has 0 aliphatic carbocycles. The standard InChI is InChI=1S/C32H27F4N7O3/c1-18-4-3-5-27(20-10-19(14-37-15-20)23-11-21(33)6-8-25(23)39-31(18)45)42-17-38-26(13-30(42)44)24-12-22(46-2)7-9-28(24)43-16-29(40-41-43)32(34,35)36/h6-18,27H,3-5H2,1-2H3,(H,39,45). The van der Waals surface area contributed by atoms with Crippen molar-refractivity contribution < 1.29 is 27.1 Å². The first kappa shape index (κ1) is 30.6. The number of carbonyl (C=O) groups excluding carboxylic acids is 1. The van der Waals surface area contributed by atoms with Crippen LogP contribution >= 0.6 is 0 Å². The average Bonchev–Trinajstić information content (AvgIpc) is 3.55. The first-order chi connectivity index (χ1) is 22.0. The Balaban J connectivity index is 1.43. The van der Waals surface area contributed by atoms with Gasteiger partial charge in [0, 0.05) is 46.8 Å². The summed E-state index contributed by atoms with van der Waals surface area (Å²) in [6.07, 6.45) is 2.19. The smallest absolute Gasteiger partial charge is 0.436 e. The van der Waals surface area contributed by atoms with Gasteiger partial charge in [-0.2, -0.15) is 13.2 Å². The monoisotopic (exact) mass is 633 g/mol. The van der Waals surface area contributed by atoms with Gasteiger partial charge < -0.3 is 10.1 Å². The summed E-state index contributed by atoms with van der Waals surface area (Å²) in [6.45, 7) is 1.81. The number of ether oxygens (including phenoxy) is 1. The SMILES string of the molecule is COc1ccc(-n2cc(C(F)(F)F)nn2)c(-c2cc(=O)n(C3CCCC(C)C(=O)Nc4ccc(F)cc4-c4cncc3c4)cn2)c1. The van der Waals surface area contributed by atoms with Gasteiger partial charge in [0.2, 0.25) is 5.91 Å². The minimum atomic E-state index is -4.69. The van der Waals surface area contributed by atoms with Crippen molar-refractivity contribution in [2.75, 3.05) is 12.4 Å². The fourth-order valence-corrected chi connectivity index (χ4v) is 5.47. The number of hydrogen-bond acceptors (Lipinski definition) is 7. The zero-order valence-electron chi connectivity index (χ0n) is 24.6. The summed E-state index contributed by atoms with van der Waals surface area (Å²) in [6, 6.07) is 11.2. The molecule has 1 aliphatic rings. The molecular weight excluding hydrogens is 606 g/mol. The summed E-state index contributed by atoms with van der Waals surface area (Å²) in [4.78, 5) is 35.6. The zero-order chi connectivity index (χ0) is 32.6. The van der Waals surface area contributed by atoms with Gasteiger partial charge in [-0.15, -0.1) is 5.10 Å². The topological polar surface area (TPSA) is 117 Å². The van der Waals surface area contributed by atoms with E-state index in [1.165, 1.54) is 48.3 Å². The minimum Gasteiger partial charge on any atom is -0.497 e. The number of anilines is 1. The summed E-state index contributed by atoms with van der Waals surface area (Å²) in [7, 11) is 1.44. The van der Waals surface area contributed by atoms with Crippen molar-refractivity contribution in [1.82, 2.24) is 29.5 Å². The second-order valence-corrected chi connectivity index (χ2v) is 11.0. The Hall–Kier alpha value is -5.40. The molecule has 0 saturated heterocycles. The van der Waals surface area contributed by atoms with E-state index in [1.54, 1.807) is 37.5 Å². The van der Waals surface area contributed by atoms with Gasteiger partial charge >= 0.3 is 6.18 Å². The highest BCUT2D eigenvalue weighted by Gasteiger charge is 2.35. The Bertz CT molecular complexity index is 1990. The summed E-state index contributed by atoms with van der Waals surface area (Å²) < 4.78 is 61.8. The highest BCUT2D eigenvalue weighted by atomic mass is 19.4. The third kappa shape index (κ3) is 6.10. The molecule has 0 fully saturated rings. The lowest BCUT2D eigenvalue weighted by Gasteiger charge is -2.23. The molecule has 2 bridgehead atoms. The first-order valence-electron chi connectivity index (χ1n) is 14.3. The van der Waals surface area contributed by atoms with E-state index >= 15 is 0 Å². The van der Waals surface area contributed by atoms with E-state index < -0.39 is 29.3 Å². The fraction of sp³-hybridized carbons (Fsp3) is 0.250. The number of pyridine rings is 1. The third-order valence-electron chi connectivity index (χ3n) is 7.94. The number of aromatic nitrogens is 6. The quantitative estimate of drug-likeness (QED) is 0.239. The molecule has 0 radical (unpaired) electrons. The molecule has 0 saturated carbocycles. The number of methoxy groups -OCH3 is 1. The molecule has 3 aromatic heterocycles. The van der Waals surface area contributed by atoms with Gasteiger partial charge in [0.15, 0.2) is 5.69 Å². The van der Waals surface area contributed by atoms with Gasteiger partial charge in [-0.05, 0) is 60.9 Å². The van der Waals surface area contributed by atoms with Crippen molar-refractivity contribution >= 4 is 11.6 Å². The number of benzene rings is 2. The van der Waals surface area contributed by atoms with Crippen LogP contribution in [-0.2, 0) is 11.0 Å². The lowest BCUT2D eigenvalue weighted by Crippen LogP contribution is -2.26. The lowest BCUT2D eigenvalue weighted by molar-refractivity contribution is -0.141. The number of alkyl halides is 3. The van der Waals surface area contributed by atoms with E-state index in [4.69, 9.17) is 4.74 Å². The molecule has 2 atom stereocenters. The van der Waals surface area contributed by atoms with Crippen LogP contribution in [0.5, 0.6) is 5.75 Å². The van der Waals surface area contributed by atoms with E-state index in [2.05, 4.69) is 25.6 Å². The second kappa shape index (κ2) is 12.2. The predicted octanol–water partition coefficient (Wildman–Crippen LogP) is 6.07. The van der Waals surface area contributed by atoms with Crippen molar-refractivity contribution in [1.29, 1.82) is 0 Å². The molecule has 1 amide bonds. The maximum atomic E-state index is 14.3. The summed E-state index contributed by atoms with van der Waals surface area (Å²) in [5.41, 5.74) is 1.18. The molecule has 1 aliphatic heterocycles. The van der Waals surface area contributed by atoms with Crippen molar-refractivity contribution in [3.05, 3.63) is 101 Å². The number of amides is 1. The van der Waals surface area contributed by atoms with Crippen LogP contribution in [0.1, 0.15) is 43.5 Å². The number of rotatable bonds is 4. The van der Waals surface area contributed by atoms with Crippen molar-refractivity contribution in [3.8, 4) is 33.8 Å².